The van der Waals surface area contributed by atoms with Gasteiger partial charge in [0.2, 0.25) is 0 Å². The van der Waals surface area contributed by atoms with Crippen LogP contribution in [0, 0.1) is 0 Å². The lowest BCUT2D eigenvalue weighted by Gasteiger charge is -2.07. The maximum atomic E-state index is 4.95. The lowest BCUT2D eigenvalue weighted by Crippen LogP contribution is -1.97. The topological polar surface area (TPSA) is 47.5 Å². The summed E-state index contributed by atoms with van der Waals surface area (Å²) in [5.74, 6) is 0.745. The average Bonchev–Trinajstić information content (AvgIpc) is 3.33. The fraction of sp³-hybridized carbons (Fsp3) is 0.0455. The second-order valence-electron chi connectivity index (χ2n) is 6.66. The zero-order chi connectivity index (χ0) is 18.5. The molecule has 4 heterocycles. The van der Waals surface area contributed by atoms with Crippen molar-refractivity contribution < 1.29 is 0 Å². The Kier molecular flexibility index (Phi) is 3.39. The predicted molar refractivity (Wildman–Crippen MR) is 113 cm³/mol. The summed E-state index contributed by atoms with van der Waals surface area (Å²) in [7, 11) is 0. The molecule has 4 aromatic heterocycles. The molecule has 0 bridgehead atoms. The minimum Gasteiger partial charge on any atom is -0.307 e. The number of fused-ring (bicyclic) bond motifs is 6. The highest BCUT2D eigenvalue weighted by Crippen LogP contribution is 2.30. The lowest BCUT2D eigenvalue weighted by atomic mass is 10.2. The van der Waals surface area contributed by atoms with E-state index in [1.807, 2.05) is 65.2 Å². The van der Waals surface area contributed by atoms with Crippen molar-refractivity contribution in [2.45, 2.75) is 10.9 Å². The molecular formula is C22H15N5S. The van der Waals surface area contributed by atoms with Gasteiger partial charge in [0.15, 0.2) is 5.16 Å². The van der Waals surface area contributed by atoms with Gasteiger partial charge >= 0.3 is 0 Å². The summed E-state index contributed by atoms with van der Waals surface area (Å²) in [5, 5.41) is 2.00. The fourth-order valence-electron chi connectivity index (χ4n) is 3.61. The van der Waals surface area contributed by atoms with Crippen molar-refractivity contribution in [2.24, 2.45) is 0 Å². The van der Waals surface area contributed by atoms with E-state index in [0.717, 1.165) is 49.8 Å². The Balaban J connectivity index is 1.52. The molecule has 0 aliphatic rings. The molecule has 134 valence electrons. The van der Waals surface area contributed by atoms with Crippen molar-refractivity contribution in [3.63, 3.8) is 0 Å². The van der Waals surface area contributed by atoms with Gasteiger partial charge in [-0.1, -0.05) is 42.1 Å². The van der Waals surface area contributed by atoms with Crippen LogP contribution in [-0.2, 0) is 5.75 Å². The maximum Gasteiger partial charge on any atom is 0.175 e. The summed E-state index contributed by atoms with van der Waals surface area (Å²) >= 11 is 1.69. The van der Waals surface area contributed by atoms with E-state index in [1.165, 1.54) is 0 Å². The number of imidazole rings is 2. The van der Waals surface area contributed by atoms with E-state index in [9.17, 15) is 0 Å². The number of hydrogen-bond acceptors (Lipinski definition) is 4. The molecule has 0 N–H and O–H groups in total. The smallest absolute Gasteiger partial charge is 0.175 e. The van der Waals surface area contributed by atoms with Crippen LogP contribution < -0.4 is 0 Å². The lowest BCUT2D eigenvalue weighted by molar-refractivity contribution is 0.951. The van der Waals surface area contributed by atoms with E-state index in [2.05, 4.69) is 22.7 Å². The van der Waals surface area contributed by atoms with Gasteiger partial charge in [-0.2, -0.15) is 0 Å². The second-order valence-corrected chi connectivity index (χ2v) is 7.60. The van der Waals surface area contributed by atoms with Gasteiger partial charge in [-0.15, -0.1) is 0 Å². The molecule has 5 nitrogen and oxygen atoms in total. The number of rotatable bonds is 3. The quantitative estimate of drug-likeness (QED) is 0.321. The minimum absolute atomic E-state index is 0.745. The molecule has 0 saturated carbocycles. The van der Waals surface area contributed by atoms with Crippen molar-refractivity contribution in [3.05, 3.63) is 84.8 Å². The third-order valence-corrected chi connectivity index (χ3v) is 5.85. The van der Waals surface area contributed by atoms with Crippen LogP contribution in [0.3, 0.4) is 0 Å². The van der Waals surface area contributed by atoms with Crippen LogP contribution in [0.2, 0.25) is 0 Å². The van der Waals surface area contributed by atoms with Gasteiger partial charge in [-0.25, -0.2) is 15.0 Å². The van der Waals surface area contributed by atoms with Crippen LogP contribution in [0.4, 0.5) is 0 Å². The zero-order valence-electron chi connectivity index (χ0n) is 14.9. The monoisotopic (exact) mass is 381 g/mol. The maximum absolute atomic E-state index is 4.95. The molecule has 0 spiro atoms. The van der Waals surface area contributed by atoms with Crippen molar-refractivity contribution >= 4 is 45.0 Å². The fourth-order valence-corrected chi connectivity index (χ4v) is 4.50. The van der Waals surface area contributed by atoms with Crippen molar-refractivity contribution in [2.75, 3.05) is 0 Å². The third-order valence-electron chi connectivity index (χ3n) is 4.88. The Morgan fingerprint density at radius 1 is 0.786 bits per heavy atom. The van der Waals surface area contributed by atoms with Crippen LogP contribution in [0.15, 0.2) is 84.3 Å². The standard InChI is InChI=1S/C22H15N5S/c1-2-8-17-16(7-1)21-24-18-9-3-4-10-19(18)27(21)22(25-17)28-14-15-13-26-12-6-5-11-20(26)23-15/h1-13H,14H2. The molecule has 0 unspecified atom stereocenters. The average molecular weight is 381 g/mol. The molecule has 2 aromatic carbocycles. The van der Waals surface area contributed by atoms with Crippen LogP contribution in [-0.4, -0.2) is 23.8 Å². The van der Waals surface area contributed by atoms with Crippen molar-refractivity contribution in [1.29, 1.82) is 0 Å². The molecule has 6 aromatic rings. The summed E-state index contributed by atoms with van der Waals surface area (Å²) < 4.78 is 4.21. The second kappa shape index (κ2) is 6.07. The molecule has 0 atom stereocenters. The predicted octanol–water partition coefficient (Wildman–Crippen LogP) is 4.98. The highest BCUT2D eigenvalue weighted by Gasteiger charge is 2.14. The van der Waals surface area contributed by atoms with E-state index < -0.39 is 0 Å². The van der Waals surface area contributed by atoms with E-state index in [-0.39, 0.29) is 0 Å². The summed E-state index contributed by atoms with van der Waals surface area (Å²) in [6, 6.07) is 22.4. The highest BCUT2D eigenvalue weighted by molar-refractivity contribution is 7.98. The van der Waals surface area contributed by atoms with Gasteiger partial charge in [0, 0.05) is 23.5 Å². The normalized spacial score (nSPS) is 11.9. The van der Waals surface area contributed by atoms with E-state index in [1.54, 1.807) is 11.8 Å². The van der Waals surface area contributed by atoms with Gasteiger partial charge in [0.05, 0.1) is 22.2 Å². The Morgan fingerprint density at radius 3 is 2.54 bits per heavy atom. The molecule has 0 fully saturated rings. The summed E-state index contributed by atoms with van der Waals surface area (Å²) in [4.78, 5) is 14.5. The summed E-state index contributed by atoms with van der Waals surface area (Å²) in [6.45, 7) is 0. The van der Waals surface area contributed by atoms with Gasteiger partial charge in [0.25, 0.3) is 0 Å². The number of hydrogen-bond donors (Lipinski definition) is 0. The molecule has 0 aliphatic heterocycles. The molecule has 0 radical (unpaired) electrons. The number of aromatic nitrogens is 5. The largest absolute Gasteiger partial charge is 0.307 e. The van der Waals surface area contributed by atoms with Gasteiger partial charge < -0.3 is 4.40 Å². The molecule has 0 amide bonds. The number of benzene rings is 2. The summed E-state index contributed by atoms with van der Waals surface area (Å²) in [6.07, 6.45) is 4.10. The first-order chi connectivity index (χ1) is 13.9. The number of para-hydroxylation sites is 3. The third kappa shape index (κ3) is 2.38. The molecule has 28 heavy (non-hydrogen) atoms. The SMILES string of the molecule is c1ccc2c(c1)nc(SCc1cn3ccccc3n1)n1c3ccccc3nc21. The van der Waals surface area contributed by atoms with E-state index >= 15 is 0 Å². The zero-order valence-corrected chi connectivity index (χ0v) is 15.7. The molecular weight excluding hydrogens is 366 g/mol. The van der Waals surface area contributed by atoms with Gasteiger partial charge in [-0.3, -0.25) is 4.40 Å². The van der Waals surface area contributed by atoms with Crippen molar-refractivity contribution in [3.8, 4) is 0 Å². The first-order valence-electron chi connectivity index (χ1n) is 9.08. The molecule has 0 saturated heterocycles. The Labute approximate surface area is 164 Å². The molecule has 6 rings (SSSR count). The van der Waals surface area contributed by atoms with Gasteiger partial charge in [0.1, 0.15) is 11.3 Å². The molecule has 6 heteroatoms. The molecule has 0 aliphatic carbocycles. The number of nitrogens with zero attached hydrogens (tertiary/aromatic N) is 5. The first-order valence-corrected chi connectivity index (χ1v) is 10.1. The highest BCUT2D eigenvalue weighted by atomic mass is 32.2. The van der Waals surface area contributed by atoms with E-state index in [0.29, 0.717) is 0 Å². The minimum atomic E-state index is 0.745. The van der Waals surface area contributed by atoms with Crippen LogP contribution in [0.5, 0.6) is 0 Å². The van der Waals surface area contributed by atoms with Gasteiger partial charge in [-0.05, 0) is 36.4 Å². The van der Waals surface area contributed by atoms with Crippen LogP contribution >= 0.6 is 11.8 Å². The Morgan fingerprint density at radius 2 is 1.61 bits per heavy atom. The summed E-state index contributed by atoms with van der Waals surface area (Å²) in [5.41, 5.74) is 5.96. The first kappa shape index (κ1) is 15.7. The Hall–Kier alpha value is -3.38. The van der Waals surface area contributed by atoms with E-state index in [4.69, 9.17) is 15.0 Å². The number of thioether (sulfide) groups is 1. The Bertz CT molecular complexity index is 1450. The number of pyridine rings is 1. The van der Waals surface area contributed by atoms with Crippen LogP contribution in [0.25, 0.3) is 33.2 Å². The van der Waals surface area contributed by atoms with Crippen molar-refractivity contribution in [1.82, 2.24) is 23.8 Å². The van der Waals surface area contributed by atoms with Crippen LogP contribution in [0.1, 0.15) is 5.69 Å².